The Labute approximate surface area is 131 Å². The van der Waals surface area contributed by atoms with Crippen LogP contribution in [0.4, 0.5) is 0 Å². The maximum absolute atomic E-state index is 12.4. The molecule has 2 aliphatic carbocycles. The summed E-state index contributed by atoms with van der Waals surface area (Å²) in [7, 11) is 0. The average Bonchev–Trinajstić information content (AvgIpc) is 3.34. The number of hydrogen-bond acceptors (Lipinski definition) is 3. The van der Waals surface area contributed by atoms with Crippen molar-refractivity contribution in [1.29, 1.82) is 0 Å². The molecule has 0 aromatic carbocycles. The zero-order chi connectivity index (χ0) is 15.5. The van der Waals surface area contributed by atoms with Crippen LogP contribution in [0.15, 0.2) is 0 Å². The number of rotatable bonds is 5. The molecular formula is C17H27NO4. The Bertz CT molecular complexity index is 413. The van der Waals surface area contributed by atoms with Crippen LogP contribution < -0.4 is 5.32 Å². The lowest BCUT2D eigenvalue weighted by atomic mass is 9.85. The van der Waals surface area contributed by atoms with Crippen LogP contribution in [-0.2, 0) is 14.3 Å². The molecule has 0 bridgehead atoms. The number of amides is 1. The molecule has 0 spiro atoms. The maximum Gasteiger partial charge on any atom is 0.326 e. The van der Waals surface area contributed by atoms with Crippen LogP contribution in [0.25, 0.3) is 0 Å². The van der Waals surface area contributed by atoms with Crippen molar-refractivity contribution in [2.75, 3.05) is 13.2 Å². The van der Waals surface area contributed by atoms with Gasteiger partial charge in [0.15, 0.2) is 0 Å². The first kappa shape index (κ1) is 15.8. The summed E-state index contributed by atoms with van der Waals surface area (Å²) in [6, 6.07) is -0.791. The molecule has 5 nitrogen and oxygen atoms in total. The monoisotopic (exact) mass is 309 g/mol. The fourth-order valence-electron chi connectivity index (χ4n) is 4.27. The van der Waals surface area contributed by atoms with Crippen molar-refractivity contribution in [3.05, 3.63) is 0 Å². The Morgan fingerprint density at radius 3 is 2.50 bits per heavy atom. The first-order valence-electron chi connectivity index (χ1n) is 8.77. The number of aliphatic carboxylic acids is 1. The minimum absolute atomic E-state index is 0.0476. The summed E-state index contributed by atoms with van der Waals surface area (Å²) in [6.45, 7) is 1.14. The lowest BCUT2D eigenvalue weighted by molar-refractivity contribution is -0.145. The number of ether oxygens (including phenoxy) is 1. The molecule has 3 rings (SSSR count). The van der Waals surface area contributed by atoms with E-state index >= 15 is 0 Å². The van der Waals surface area contributed by atoms with Crippen LogP contribution in [0.2, 0.25) is 0 Å². The van der Waals surface area contributed by atoms with Crippen LogP contribution in [0.5, 0.6) is 0 Å². The van der Waals surface area contributed by atoms with E-state index in [0.717, 1.165) is 19.3 Å². The molecule has 1 aliphatic heterocycles. The fraction of sp³-hybridized carbons (Fsp3) is 0.882. The molecule has 2 N–H and O–H groups in total. The molecule has 1 heterocycles. The molecule has 0 aromatic rings. The summed E-state index contributed by atoms with van der Waals surface area (Å²) < 4.78 is 5.37. The molecule has 3 fully saturated rings. The number of carboxylic acids is 1. The average molecular weight is 309 g/mol. The smallest absolute Gasteiger partial charge is 0.326 e. The first-order chi connectivity index (χ1) is 10.7. The molecular weight excluding hydrogens is 282 g/mol. The lowest BCUT2D eigenvalue weighted by Crippen LogP contribution is -2.49. The summed E-state index contributed by atoms with van der Waals surface area (Å²) in [4.78, 5) is 23.9. The quantitative estimate of drug-likeness (QED) is 0.816. The topological polar surface area (TPSA) is 75.6 Å². The van der Waals surface area contributed by atoms with E-state index in [4.69, 9.17) is 4.74 Å². The molecule has 4 atom stereocenters. The highest BCUT2D eigenvalue weighted by Crippen LogP contribution is 2.49. The third kappa shape index (κ3) is 3.62. The van der Waals surface area contributed by atoms with Crippen LogP contribution in [0.1, 0.15) is 51.4 Å². The summed E-state index contributed by atoms with van der Waals surface area (Å²) in [5, 5.41) is 12.2. The number of nitrogens with one attached hydrogen (secondary N) is 1. The molecule has 5 heteroatoms. The molecule has 1 saturated heterocycles. The summed E-state index contributed by atoms with van der Waals surface area (Å²) in [5.74, 6) is 0.159. The van der Waals surface area contributed by atoms with Crippen molar-refractivity contribution in [2.45, 2.75) is 57.4 Å². The van der Waals surface area contributed by atoms with Gasteiger partial charge in [0.25, 0.3) is 0 Å². The second-order valence-electron chi connectivity index (χ2n) is 7.21. The minimum atomic E-state index is -0.932. The van der Waals surface area contributed by atoms with Crippen LogP contribution in [0, 0.1) is 23.7 Å². The van der Waals surface area contributed by atoms with E-state index in [1.165, 1.54) is 32.1 Å². The number of carbonyl (C=O) groups excluding carboxylic acids is 1. The maximum atomic E-state index is 12.4. The molecule has 3 aliphatic rings. The van der Waals surface area contributed by atoms with Gasteiger partial charge in [0, 0.05) is 18.4 Å². The highest BCUT2D eigenvalue weighted by Gasteiger charge is 2.48. The van der Waals surface area contributed by atoms with Gasteiger partial charge in [-0.3, -0.25) is 4.79 Å². The van der Waals surface area contributed by atoms with Gasteiger partial charge in [-0.25, -0.2) is 4.79 Å². The van der Waals surface area contributed by atoms with E-state index in [9.17, 15) is 14.7 Å². The molecule has 0 aromatic heterocycles. The Balaban J connectivity index is 1.52. The SMILES string of the molecule is O=C(NC(C(=O)O)C1CCCOC1)C1CC1C1CCCCC1. The molecule has 22 heavy (non-hydrogen) atoms. The van der Waals surface area contributed by atoms with Gasteiger partial charge >= 0.3 is 5.97 Å². The van der Waals surface area contributed by atoms with Crippen molar-refractivity contribution in [2.24, 2.45) is 23.7 Å². The van der Waals surface area contributed by atoms with Crippen molar-refractivity contribution in [3.63, 3.8) is 0 Å². The Kier molecular flexibility index (Phi) is 5.01. The zero-order valence-corrected chi connectivity index (χ0v) is 13.1. The Morgan fingerprint density at radius 1 is 1.09 bits per heavy atom. The molecule has 124 valence electrons. The van der Waals surface area contributed by atoms with Crippen molar-refractivity contribution >= 4 is 11.9 Å². The van der Waals surface area contributed by atoms with Gasteiger partial charge in [-0.15, -0.1) is 0 Å². The van der Waals surface area contributed by atoms with Crippen molar-refractivity contribution < 1.29 is 19.4 Å². The number of carbonyl (C=O) groups is 2. The summed E-state index contributed by atoms with van der Waals surface area (Å²) in [6.07, 6.45) is 9.01. The predicted molar refractivity (Wildman–Crippen MR) is 81.3 cm³/mol. The molecule has 2 saturated carbocycles. The lowest BCUT2D eigenvalue weighted by Gasteiger charge is -2.28. The van der Waals surface area contributed by atoms with E-state index in [0.29, 0.717) is 25.0 Å². The standard InChI is InChI=1S/C17H27NO4/c19-16(14-9-13(14)11-5-2-1-3-6-11)18-15(17(20)21)12-7-4-8-22-10-12/h11-15H,1-10H2,(H,18,19)(H,20,21). The van der Waals surface area contributed by atoms with E-state index in [2.05, 4.69) is 5.32 Å². The van der Waals surface area contributed by atoms with Crippen LogP contribution in [0.3, 0.4) is 0 Å². The molecule has 4 unspecified atom stereocenters. The summed E-state index contributed by atoms with van der Waals surface area (Å²) >= 11 is 0. The number of hydrogen-bond donors (Lipinski definition) is 2. The molecule has 0 radical (unpaired) electrons. The highest BCUT2D eigenvalue weighted by molar-refractivity contribution is 5.87. The number of carboxylic acid groups (broad SMARTS) is 1. The van der Waals surface area contributed by atoms with E-state index in [1.807, 2.05) is 0 Å². The highest BCUT2D eigenvalue weighted by atomic mass is 16.5. The summed E-state index contributed by atoms with van der Waals surface area (Å²) in [5.41, 5.74) is 0. The van der Waals surface area contributed by atoms with Crippen LogP contribution in [-0.4, -0.2) is 36.2 Å². The second-order valence-corrected chi connectivity index (χ2v) is 7.21. The zero-order valence-electron chi connectivity index (χ0n) is 13.1. The Morgan fingerprint density at radius 2 is 1.86 bits per heavy atom. The van der Waals surface area contributed by atoms with Crippen molar-refractivity contribution in [1.82, 2.24) is 5.32 Å². The second kappa shape index (κ2) is 6.99. The van der Waals surface area contributed by atoms with Crippen molar-refractivity contribution in [3.8, 4) is 0 Å². The van der Waals surface area contributed by atoms with Gasteiger partial charge in [0.1, 0.15) is 6.04 Å². The van der Waals surface area contributed by atoms with E-state index in [-0.39, 0.29) is 17.7 Å². The third-order valence-electron chi connectivity index (χ3n) is 5.66. The third-order valence-corrected chi connectivity index (χ3v) is 5.66. The minimum Gasteiger partial charge on any atom is -0.480 e. The predicted octanol–water partition coefficient (Wildman–Crippen LogP) is 2.20. The van der Waals surface area contributed by atoms with Gasteiger partial charge in [0.05, 0.1) is 6.61 Å². The van der Waals surface area contributed by atoms with Crippen LogP contribution >= 0.6 is 0 Å². The molecule has 1 amide bonds. The van der Waals surface area contributed by atoms with Gasteiger partial charge in [-0.05, 0) is 31.1 Å². The van der Waals surface area contributed by atoms with E-state index < -0.39 is 12.0 Å². The largest absolute Gasteiger partial charge is 0.480 e. The van der Waals surface area contributed by atoms with Gasteiger partial charge < -0.3 is 15.2 Å². The van der Waals surface area contributed by atoms with Gasteiger partial charge in [-0.2, -0.15) is 0 Å². The Hall–Kier alpha value is -1.10. The fourth-order valence-corrected chi connectivity index (χ4v) is 4.27. The van der Waals surface area contributed by atoms with E-state index in [1.54, 1.807) is 0 Å². The first-order valence-corrected chi connectivity index (χ1v) is 8.77. The van der Waals surface area contributed by atoms with Gasteiger partial charge in [0.2, 0.25) is 5.91 Å². The normalized spacial score (nSPS) is 33.9. The van der Waals surface area contributed by atoms with Gasteiger partial charge in [-0.1, -0.05) is 32.1 Å².